The van der Waals surface area contributed by atoms with Crippen LogP contribution in [0, 0.1) is 30.6 Å². The number of hydrogen-bond donors (Lipinski definition) is 1. The molecular weight excluding hydrogens is 424 g/mol. The minimum Gasteiger partial charge on any atom is -0.322 e. The molecule has 5 unspecified atom stereocenters. The van der Waals surface area contributed by atoms with E-state index in [9.17, 15) is 14.4 Å². The van der Waals surface area contributed by atoms with Crippen molar-refractivity contribution in [3.8, 4) is 0 Å². The van der Waals surface area contributed by atoms with Gasteiger partial charge in [-0.05, 0) is 72.9 Å². The average Bonchev–Trinajstić information content (AvgIpc) is 3.52. The number of para-hydroxylation sites is 1. The minimum absolute atomic E-state index is 0.106. The molecule has 0 aromatic heterocycles. The van der Waals surface area contributed by atoms with Crippen molar-refractivity contribution in [3.05, 3.63) is 95.6 Å². The van der Waals surface area contributed by atoms with Crippen molar-refractivity contribution < 1.29 is 14.4 Å². The molecule has 2 saturated carbocycles. The number of aryl methyl sites for hydroxylation is 1. The molecule has 0 spiro atoms. The zero-order valence-corrected chi connectivity index (χ0v) is 19.0. The van der Waals surface area contributed by atoms with E-state index in [2.05, 4.69) is 17.4 Å². The summed E-state index contributed by atoms with van der Waals surface area (Å²) in [5.74, 6) is -0.205. The number of benzene rings is 3. The lowest BCUT2D eigenvalue weighted by atomic mass is 9.73. The van der Waals surface area contributed by atoms with Crippen molar-refractivity contribution in [1.29, 1.82) is 0 Å². The van der Waals surface area contributed by atoms with Crippen LogP contribution in [0.5, 0.6) is 0 Å². The summed E-state index contributed by atoms with van der Waals surface area (Å²) >= 11 is 0. The number of anilines is 2. The SMILES string of the molecule is Cc1ccccc1NC(=O)c1cccc(N2C(=O)C3C4CC(c5ccccc5)C(C4)C3C2=O)c1. The van der Waals surface area contributed by atoms with Gasteiger partial charge < -0.3 is 5.32 Å². The van der Waals surface area contributed by atoms with Crippen LogP contribution in [0.4, 0.5) is 11.4 Å². The maximum absolute atomic E-state index is 13.6. The Hall–Kier alpha value is -3.73. The van der Waals surface area contributed by atoms with Gasteiger partial charge in [0.05, 0.1) is 17.5 Å². The van der Waals surface area contributed by atoms with Gasteiger partial charge in [0.2, 0.25) is 11.8 Å². The average molecular weight is 451 g/mol. The standard InChI is InChI=1S/C29H26N2O3/c1-17-8-5-6-13-24(17)30-27(32)19-11-7-12-21(14-19)31-28(33)25-20-15-22(18-9-3-2-4-10-18)23(16-20)26(25)29(31)34/h2-14,20,22-23,25-26H,15-16H2,1H3,(H,30,32). The first kappa shape index (κ1) is 20.8. The zero-order valence-electron chi connectivity index (χ0n) is 19.0. The highest BCUT2D eigenvalue weighted by Gasteiger charge is 2.64. The Morgan fingerprint density at radius 3 is 2.38 bits per heavy atom. The van der Waals surface area contributed by atoms with E-state index in [-0.39, 0.29) is 41.4 Å². The third kappa shape index (κ3) is 3.18. The molecule has 2 bridgehead atoms. The summed E-state index contributed by atoms with van der Waals surface area (Å²) in [5.41, 5.74) is 3.88. The molecule has 5 atom stereocenters. The maximum Gasteiger partial charge on any atom is 0.255 e. The van der Waals surface area contributed by atoms with Gasteiger partial charge in [-0.2, -0.15) is 0 Å². The molecule has 5 heteroatoms. The Labute approximate surface area is 198 Å². The number of nitrogens with zero attached hydrogens (tertiary/aromatic N) is 1. The summed E-state index contributed by atoms with van der Waals surface area (Å²) in [7, 11) is 0. The van der Waals surface area contributed by atoms with E-state index in [4.69, 9.17) is 0 Å². The van der Waals surface area contributed by atoms with Gasteiger partial charge in [-0.25, -0.2) is 0 Å². The lowest BCUT2D eigenvalue weighted by molar-refractivity contribution is -0.123. The smallest absolute Gasteiger partial charge is 0.255 e. The summed E-state index contributed by atoms with van der Waals surface area (Å²) in [6.07, 6.45) is 1.90. The van der Waals surface area contributed by atoms with Gasteiger partial charge in [0.1, 0.15) is 0 Å². The predicted molar refractivity (Wildman–Crippen MR) is 130 cm³/mol. The van der Waals surface area contributed by atoms with Gasteiger partial charge >= 0.3 is 0 Å². The van der Waals surface area contributed by atoms with Crippen LogP contribution in [0.1, 0.15) is 40.2 Å². The van der Waals surface area contributed by atoms with Gasteiger partial charge in [-0.15, -0.1) is 0 Å². The summed E-state index contributed by atoms with van der Waals surface area (Å²) in [6, 6.07) is 24.8. The zero-order chi connectivity index (χ0) is 23.4. The van der Waals surface area contributed by atoms with E-state index in [0.29, 0.717) is 17.2 Å². The molecule has 6 rings (SSSR count). The van der Waals surface area contributed by atoms with Gasteiger partial charge in [-0.1, -0.05) is 54.6 Å². The van der Waals surface area contributed by atoms with Gasteiger partial charge in [0, 0.05) is 11.3 Å². The quantitative estimate of drug-likeness (QED) is 0.557. The third-order valence-electron chi connectivity index (χ3n) is 8.00. The topological polar surface area (TPSA) is 66.5 Å². The molecular formula is C29H26N2O3. The van der Waals surface area contributed by atoms with Crippen molar-refractivity contribution >= 4 is 29.1 Å². The number of carbonyl (C=O) groups is 3. The van der Waals surface area contributed by atoms with Crippen LogP contribution in [-0.4, -0.2) is 17.7 Å². The van der Waals surface area contributed by atoms with E-state index in [0.717, 1.165) is 24.1 Å². The van der Waals surface area contributed by atoms with Gasteiger partial charge in [0.25, 0.3) is 5.91 Å². The second-order valence-corrected chi connectivity index (χ2v) is 9.80. The van der Waals surface area contributed by atoms with E-state index in [1.165, 1.54) is 10.5 Å². The monoisotopic (exact) mass is 450 g/mol. The molecule has 1 aliphatic heterocycles. The summed E-state index contributed by atoms with van der Waals surface area (Å²) in [4.78, 5) is 41.3. The molecule has 3 aromatic carbocycles. The summed E-state index contributed by atoms with van der Waals surface area (Å²) in [6.45, 7) is 1.93. The van der Waals surface area contributed by atoms with Crippen molar-refractivity contribution in [2.45, 2.75) is 25.7 Å². The first-order valence-corrected chi connectivity index (χ1v) is 11.9. The van der Waals surface area contributed by atoms with Crippen LogP contribution < -0.4 is 10.2 Å². The molecule has 0 radical (unpaired) electrons. The highest BCUT2D eigenvalue weighted by Crippen LogP contribution is 2.61. The minimum atomic E-state index is -0.264. The number of carbonyl (C=O) groups excluding carboxylic acids is 3. The first-order valence-electron chi connectivity index (χ1n) is 11.9. The molecule has 1 saturated heterocycles. The Kier molecular flexibility index (Phi) is 4.87. The number of hydrogen-bond acceptors (Lipinski definition) is 3. The number of imide groups is 1. The van der Waals surface area contributed by atoms with Crippen molar-refractivity contribution in [3.63, 3.8) is 0 Å². The van der Waals surface area contributed by atoms with Crippen LogP contribution in [0.15, 0.2) is 78.9 Å². The number of nitrogens with one attached hydrogen (secondary N) is 1. The summed E-state index contributed by atoms with van der Waals surface area (Å²) in [5, 5.41) is 2.93. The Morgan fingerprint density at radius 1 is 0.853 bits per heavy atom. The molecule has 2 aliphatic carbocycles. The molecule has 34 heavy (non-hydrogen) atoms. The fraction of sp³-hybridized carbons (Fsp3) is 0.276. The molecule has 1 heterocycles. The van der Waals surface area contributed by atoms with Crippen molar-refractivity contribution in [2.24, 2.45) is 23.7 Å². The van der Waals surface area contributed by atoms with Crippen molar-refractivity contribution in [1.82, 2.24) is 0 Å². The fourth-order valence-electron chi connectivity index (χ4n) is 6.49. The Bertz CT molecular complexity index is 1300. The summed E-state index contributed by atoms with van der Waals surface area (Å²) < 4.78 is 0. The highest BCUT2D eigenvalue weighted by molar-refractivity contribution is 6.23. The van der Waals surface area contributed by atoms with Gasteiger partial charge in [0.15, 0.2) is 0 Å². The normalized spacial score (nSPS) is 27.2. The lowest BCUT2D eigenvalue weighted by Crippen LogP contribution is -2.33. The largest absolute Gasteiger partial charge is 0.322 e. The molecule has 3 amide bonds. The van der Waals surface area contributed by atoms with Gasteiger partial charge in [-0.3, -0.25) is 19.3 Å². The molecule has 3 aromatic rings. The van der Waals surface area contributed by atoms with Crippen LogP contribution in [0.2, 0.25) is 0 Å². The molecule has 3 fully saturated rings. The highest BCUT2D eigenvalue weighted by atomic mass is 16.2. The van der Waals surface area contributed by atoms with Crippen molar-refractivity contribution in [2.75, 3.05) is 10.2 Å². The predicted octanol–water partition coefficient (Wildman–Crippen LogP) is 5.18. The maximum atomic E-state index is 13.6. The van der Waals surface area contributed by atoms with E-state index in [1.54, 1.807) is 24.3 Å². The molecule has 1 N–H and O–H groups in total. The second kappa shape index (κ2) is 7.94. The number of amides is 3. The molecule has 3 aliphatic rings. The number of fused-ring (bicyclic) bond motifs is 5. The number of rotatable bonds is 4. The first-order chi connectivity index (χ1) is 16.5. The Balaban J connectivity index is 1.26. The second-order valence-electron chi connectivity index (χ2n) is 9.80. The van der Waals surface area contributed by atoms with E-state index in [1.807, 2.05) is 49.4 Å². The van der Waals surface area contributed by atoms with E-state index < -0.39 is 0 Å². The van der Waals surface area contributed by atoms with Crippen LogP contribution in [0.3, 0.4) is 0 Å². The van der Waals surface area contributed by atoms with Crippen LogP contribution in [0.25, 0.3) is 0 Å². The van der Waals surface area contributed by atoms with Crippen LogP contribution in [-0.2, 0) is 9.59 Å². The lowest BCUT2D eigenvalue weighted by Gasteiger charge is -2.28. The molecule has 5 nitrogen and oxygen atoms in total. The third-order valence-corrected chi connectivity index (χ3v) is 8.00. The molecule has 170 valence electrons. The Morgan fingerprint density at radius 2 is 1.59 bits per heavy atom. The fourth-order valence-corrected chi connectivity index (χ4v) is 6.49. The van der Waals surface area contributed by atoms with Crippen LogP contribution >= 0.6 is 0 Å². The van der Waals surface area contributed by atoms with E-state index >= 15 is 0 Å².